The van der Waals surface area contributed by atoms with E-state index in [4.69, 9.17) is 10.5 Å². The summed E-state index contributed by atoms with van der Waals surface area (Å²) in [6.07, 6.45) is 0.0721. The van der Waals surface area contributed by atoms with Crippen molar-refractivity contribution in [3.8, 4) is 5.75 Å². The number of anilines is 1. The molecule has 0 bridgehead atoms. The lowest BCUT2D eigenvalue weighted by Gasteiger charge is -2.16. The van der Waals surface area contributed by atoms with E-state index in [0.717, 1.165) is 6.42 Å². The van der Waals surface area contributed by atoms with Crippen LogP contribution in [0.3, 0.4) is 0 Å². The highest BCUT2D eigenvalue weighted by Gasteiger charge is 2.21. The molecule has 1 aromatic carbocycles. The standard InChI is InChI=1S/C13H21N3O4/c1-3-7-20-12-6-4-5-11(13(12)16(18)19)15-8-10(14)9(2)17/h4-6,9-10,15,17H,3,7-8,14H2,1-2H3. The van der Waals surface area contributed by atoms with Crippen LogP contribution in [0.25, 0.3) is 0 Å². The molecule has 0 aliphatic rings. The number of nitrogens with zero attached hydrogens (tertiary/aromatic N) is 1. The minimum absolute atomic E-state index is 0.112. The Hall–Kier alpha value is -1.86. The Balaban J connectivity index is 2.91. The van der Waals surface area contributed by atoms with E-state index in [1.807, 2.05) is 6.92 Å². The van der Waals surface area contributed by atoms with Crippen LogP contribution in [0.4, 0.5) is 11.4 Å². The molecule has 0 aliphatic carbocycles. The van der Waals surface area contributed by atoms with E-state index in [1.54, 1.807) is 25.1 Å². The first kappa shape index (κ1) is 16.2. The molecule has 7 nitrogen and oxygen atoms in total. The normalized spacial score (nSPS) is 13.6. The van der Waals surface area contributed by atoms with Gasteiger partial charge in [0.15, 0.2) is 5.75 Å². The summed E-state index contributed by atoms with van der Waals surface area (Å²) in [4.78, 5) is 10.7. The molecule has 0 heterocycles. The molecule has 0 spiro atoms. The van der Waals surface area contributed by atoms with Crippen molar-refractivity contribution >= 4 is 11.4 Å². The van der Waals surface area contributed by atoms with E-state index in [0.29, 0.717) is 12.3 Å². The second-order valence-corrected chi connectivity index (χ2v) is 4.54. The monoisotopic (exact) mass is 283 g/mol. The summed E-state index contributed by atoms with van der Waals surface area (Å²) in [5.74, 6) is 0.229. The number of hydrogen-bond acceptors (Lipinski definition) is 6. The fourth-order valence-corrected chi connectivity index (χ4v) is 1.58. The van der Waals surface area contributed by atoms with E-state index in [9.17, 15) is 15.2 Å². The molecule has 0 amide bonds. The van der Waals surface area contributed by atoms with Crippen LogP contribution < -0.4 is 15.8 Å². The molecule has 2 unspecified atom stereocenters. The molecule has 20 heavy (non-hydrogen) atoms. The Morgan fingerprint density at radius 1 is 1.55 bits per heavy atom. The van der Waals surface area contributed by atoms with Gasteiger partial charge in [-0.1, -0.05) is 13.0 Å². The van der Waals surface area contributed by atoms with Gasteiger partial charge >= 0.3 is 5.69 Å². The van der Waals surface area contributed by atoms with Crippen LogP contribution in [0.15, 0.2) is 18.2 Å². The largest absolute Gasteiger partial charge is 0.487 e. The van der Waals surface area contributed by atoms with Gasteiger partial charge in [0.05, 0.1) is 17.6 Å². The van der Waals surface area contributed by atoms with Gasteiger partial charge in [-0.2, -0.15) is 0 Å². The third-order valence-corrected chi connectivity index (χ3v) is 2.79. The van der Waals surface area contributed by atoms with Crippen LogP contribution in [0, 0.1) is 10.1 Å². The number of ether oxygens (including phenoxy) is 1. The molecular weight excluding hydrogens is 262 g/mol. The smallest absolute Gasteiger partial charge is 0.333 e. The molecule has 0 radical (unpaired) electrons. The van der Waals surface area contributed by atoms with E-state index < -0.39 is 17.1 Å². The summed E-state index contributed by atoms with van der Waals surface area (Å²) in [6, 6.07) is 4.32. The highest BCUT2D eigenvalue weighted by molar-refractivity contribution is 5.68. The Kier molecular flexibility index (Phi) is 6.20. The van der Waals surface area contributed by atoms with Gasteiger partial charge in [-0.05, 0) is 25.5 Å². The predicted octanol–water partition coefficient (Wildman–Crippen LogP) is 1.50. The minimum atomic E-state index is -0.693. The number of rotatable bonds is 8. The summed E-state index contributed by atoms with van der Waals surface area (Å²) in [5.41, 5.74) is 5.92. The minimum Gasteiger partial charge on any atom is -0.487 e. The summed E-state index contributed by atoms with van der Waals surface area (Å²) in [7, 11) is 0. The number of benzene rings is 1. The van der Waals surface area contributed by atoms with Gasteiger partial charge in [-0.3, -0.25) is 10.1 Å². The maximum Gasteiger partial charge on any atom is 0.333 e. The number of aliphatic hydroxyl groups is 1. The molecule has 0 saturated heterocycles. The average molecular weight is 283 g/mol. The van der Waals surface area contributed by atoms with Crippen molar-refractivity contribution in [2.75, 3.05) is 18.5 Å². The summed E-state index contributed by atoms with van der Waals surface area (Å²) in [6.45, 7) is 4.14. The van der Waals surface area contributed by atoms with Gasteiger partial charge < -0.3 is 20.9 Å². The van der Waals surface area contributed by atoms with E-state index in [-0.39, 0.29) is 18.0 Å². The van der Waals surface area contributed by atoms with Gasteiger partial charge in [0.1, 0.15) is 5.69 Å². The molecule has 0 fully saturated rings. The maximum absolute atomic E-state index is 11.2. The zero-order valence-corrected chi connectivity index (χ0v) is 11.7. The summed E-state index contributed by atoms with van der Waals surface area (Å²) < 4.78 is 5.38. The Labute approximate surface area is 117 Å². The average Bonchev–Trinajstić information content (AvgIpc) is 2.41. The summed E-state index contributed by atoms with van der Waals surface area (Å²) in [5, 5.41) is 23.4. The lowest BCUT2D eigenvalue weighted by atomic mass is 10.2. The van der Waals surface area contributed by atoms with Crippen LogP contribution >= 0.6 is 0 Å². The maximum atomic E-state index is 11.2. The Morgan fingerprint density at radius 3 is 2.80 bits per heavy atom. The van der Waals surface area contributed by atoms with Gasteiger partial charge in [0.25, 0.3) is 0 Å². The summed E-state index contributed by atoms with van der Waals surface area (Å²) >= 11 is 0. The van der Waals surface area contributed by atoms with Crippen LogP contribution in [-0.2, 0) is 0 Å². The lowest BCUT2D eigenvalue weighted by Crippen LogP contribution is -2.38. The van der Waals surface area contributed by atoms with Crippen molar-refractivity contribution in [1.29, 1.82) is 0 Å². The molecular formula is C13H21N3O4. The first-order valence-electron chi connectivity index (χ1n) is 6.55. The van der Waals surface area contributed by atoms with Crippen LogP contribution in [0.1, 0.15) is 20.3 Å². The van der Waals surface area contributed by atoms with Gasteiger partial charge in [-0.15, -0.1) is 0 Å². The molecule has 7 heteroatoms. The number of hydrogen-bond donors (Lipinski definition) is 3. The fourth-order valence-electron chi connectivity index (χ4n) is 1.58. The Morgan fingerprint density at radius 2 is 2.25 bits per heavy atom. The van der Waals surface area contributed by atoms with E-state index >= 15 is 0 Å². The quantitative estimate of drug-likeness (QED) is 0.492. The number of nitrogens with two attached hydrogens (primary N) is 1. The second kappa shape index (κ2) is 7.66. The van der Waals surface area contributed by atoms with Crippen molar-refractivity contribution in [3.63, 3.8) is 0 Å². The van der Waals surface area contributed by atoms with Gasteiger partial charge in [-0.25, -0.2) is 0 Å². The van der Waals surface area contributed by atoms with Crippen molar-refractivity contribution in [1.82, 2.24) is 0 Å². The van der Waals surface area contributed by atoms with Crippen molar-refractivity contribution in [2.45, 2.75) is 32.4 Å². The zero-order valence-electron chi connectivity index (χ0n) is 11.7. The van der Waals surface area contributed by atoms with Crippen LogP contribution in [0.2, 0.25) is 0 Å². The molecule has 112 valence electrons. The third kappa shape index (κ3) is 4.36. The van der Waals surface area contributed by atoms with Crippen LogP contribution in [-0.4, -0.2) is 35.3 Å². The van der Waals surface area contributed by atoms with Crippen LogP contribution in [0.5, 0.6) is 5.75 Å². The number of aliphatic hydroxyl groups excluding tert-OH is 1. The molecule has 0 aliphatic heterocycles. The first-order chi connectivity index (χ1) is 9.47. The molecule has 2 atom stereocenters. The molecule has 1 aromatic rings. The highest BCUT2D eigenvalue weighted by Crippen LogP contribution is 2.34. The molecule has 1 rings (SSSR count). The second-order valence-electron chi connectivity index (χ2n) is 4.54. The third-order valence-electron chi connectivity index (χ3n) is 2.79. The number of para-hydroxylation sites is 1. The van der Waals surface area contributed by atoms with E-state index in [1.165, 1.54) is 0 Å². The van der Waals surface area contributed by atoms with Gasteiger partial charge in [0.2, 0.25) is 0 Å². The number of nitro benzene ring substituents is 1. The molecule has 0 aromatic heterocycles. The van der Waals surface area contributed by atoms with Crippen molar-refractivity contribution in [3.05, 3.63) is 28.3 Å². The number of nitro groups is 1. The Bertz CT molecular complexity index is 451. The van der Waals surface area contributed by atoms with E-state index in [2.05, 4.69) is 5.32 Å². The highest BCUT2D eigenvalue weighted by atomic mass is 16.6. The van der Waals surface area contributed by atoms with Crippen molar-refractivity contribution < 1.29 is 14.8 Å². The number of nitrogens with one attached hydrogen (secondary N) is 1. The van der Waals surface area contributed by atoms with Gasteiger partial charge in [0, 0.05) is 12.6 Å². The SMILES string of the molecule is CCCOc1cccc(NCC(N)C(C)O)c1[N+](=O)[O-]. The first-order valence-corrected chi connectivity index (χ1v) is 6.55. The fraction of sp³-hybridized carbons (Fsp3) is 0.538. The zero-order chi connectivity index (χ0) is 15.1. The molecule has 4 N–H and O–H groups in total. The predicted molar refractivity (Wildman–Crippen MR) is 77.0 cm³/mol. The molecule has 0 saturated carbocycles. The van der Waals surface area contributed by atoms with Crippen molar-refractivity contribution in [2.24, 2.45) is 5.73 Å². The lowest BCUT2D eigenvalue weighted by molar-refractivity contribution is -0.385. The topological polar surface area (TPSA) is 111 Å².